The Kier molecular flexibility index (Phi) is 6.49. The number of carbonyl (C=O) groups excluding carboxylic acids is 1. The zero-order chi connectivity index (χ0) is 17.8. The number of nitrogens with zero attached hydrogens (tertiary/aromatic N) is 2. The Balaban J connectivity index is 2.69. The lowest BCUT2D eigenvalue weighted by Crippen LogP contribution is -2.45. The van der Waals surface area contributed by atoms with Crippen LogP contribution < -0.4 is 11.1 Å². The minimum Gasteiger partial charge on any atom is -0.319 e. The molecule has 0 aliphatic rings. The molecule has 0 spiro atoms. The maximum absolute atomic E-state index is 12.3. The van der Waals surface area contributed by atoms with Crippen LogP contribution in [0.2, 0.25) is 5.15 Å². The first-order chi connectivity index (χ1) is 10.4. The largest absolute Gasteiger partial charge is 0.404 e. The van der Waals surface area contributed by atoms with Crippen molar-refractivity contribution in [3.8, 4) is 0 Å². The van der Waals surface area contributed by atoms with Crippen molar-refractivity contribution in [2.45, 2.75) is 46.0 Å². The molecular formula is C14H20ClF3N4O. The lowest BCUT2D eigenvalue weighted by atomic mass is 9.88. The average molecular weight is 353 g/mol. The van der Waals surface area contributed by atoms with E-state index in [1.54, 1.807) is 26.8 Å². The van der Waals surface area contributed by atoms with Crippen molar-refractivity contribution in [1.29, 1.82) is 0 Å². The number of Topliss-reactive ketones (excluding diaryl/α,β-unsaturated/α-hetero) is 1. The van der Waals surface area contributed by atoms with Gasteiger partial charge in [0.25, 0.3) is 0 Å². The molecule has 1 heterocycles. The molecule has 130 valence electrons. The Morgan fingerprint density at radius 3 is 2.48 bits per heavy atom. The molecule has 0 aromatic carbocycles. The van der Waals surface area contributed by atoms with Gasteiger partial charge in [0.1, 0.15) is 11.8 Å². The molecule has 23 heavy (non-hydrogen) atoms. The Labute approximate surface area is 137 Å². The van der Waals surface area contributed by atoms with Crippen LogP contribution in [0.25, 0.3) is 0 Å². The van der Waals surface area contributed by atoms with E-state index in [1.165, 1.54) is 0 Å². The smallest absolute Gasteiger partial charge is 0.319 e. The summed E-state index contributed by atoms with van der Waals surface area (Å²) in [6.45, 7) is 4.98. The molecule has 3 N–H and O–H groups in total. The van der Waals surface area contributed by atoms with Gasteiger partial charge in [0.2, 0.25) is 0 Å². The van der Waals surface area contributed by atoms with E-state index in [0.29, 0.717) is 11.3 Å². The molecule has 9 heteroatoms. The van der Waals surface area contributed by atoms with E-state index in [2.05, 4.69) is 15.5 Å². The molecule has 1 atom stereocenters. The molecule has 0 radical (unpaired) electrons. The Morgan fingerprint density at radius 1 is 1.35 bits per heavy atom. The monoisotopic (exact) mass is 352 g/mol. The minimum atomic E-state index is -4.46. The molecular weight excluding hydrogens is 333 g/mol. The van der Waals surface area contributed by atoms with E-state index in [9.17, 15) is 18.0 Å². The fraction of sp³-hybridized carbons (Fsp3) is 0.643. The number of hydrogen-bond donors (Lipinski definition) is 2. The number of nitrogens with two attached hydrogens (primary N) is 1. The first-order valence-electron chi connectivity index (χ1n) is 6.98. The second kappa shape index (κ2) is 7.55. The maximum Gasteiger partial charge on any atom is 0.404 e. The summed E-state index contributed by atoms with van der Waals surface area (Å²) in [6, 6.07) is -0.400. The van der Waals surface area contributed by atoms with Crippen LogP contribution in [-0.2, 0) is 17.8 Å². The SMILES string of the molecule is CC(C)(C)C(=O)Cc1cc(CNC[C@H](N)C(F)(F)F)c(Cl)nn1. The van der Waals surface area contributed by atoms with Gasteiger partial charge in [-0.05, 0) is 6.07 Å². The molecule has 0 bridgehead atoms. The predicted octanol–water partition coefficient (Wildman–Crippen LogP) is 2.27. The summed E-state index contributed by atoms with van der Waals surface area (Å²) in [5, 5.41) is 10.2. The first-order valence-corrected chi connectivity index (χ1v) is 7.36. The molecule has 0 saturated carbocycles. The number of ketones is 1. The fourth-order valence-electron chi connectivity index (χ4n) is 1.58. The number of hydrogen-bond acceptors (Lipinski definition) is 5. The molecule has 0 aliphatic heterocycles. The van der Waals surface area contributed by atoms with Gasteiger partial charge in [0, 0.05) is 24.1 Å². The van der Waals surface area contributed by atoms with Gasteiger partial charge in [0.15, 0.2) is 5.15 Å². The Morgan fingerprint density at radius 2 is 1.96 bits per heavy atom. The normalized spacial score (nSPS) is 13.9. The summed E-state index contributed by atoms with van der Waals surface area (Å²) in [6.07, 6.45) is -4.37. The molecule has 1 aromatic heterocycles. The highest BCUT2D eigenvalue weighted by Crippen LogP contribution is 2.20. The van der Waals surface area contributed by atoms with Gasteiger partial charge in [-0.15, -0.1) is 5.10 Å². The maximum atomic E-state index is 12.3. The van der Waals surface area contributed by atoms with Crippen LogP contribution in [0.4, 0.5) is 13.2 Å². The van der Waals surface area contributed by atoms with Crippen molar-refractivity contribution in [3.05, 3.63) is 22.5 Å². The molecule has 1 rings (SSSR count). The van der Waals surface area contributed by atoms with Gasteiger partial charge in [-0.2, -0.15) is 18.3 Å². The Bertz CT molecular complexity index is 558. The van der Waals surface area contributed by atoms with Crippen LogP contribution in [0.15, 0.2) is 6.07 Å². The van der Waals surface area contributed by atoms with Crippen molar-refractivity contribution < 1.29 is 18.0 Å². The lowest BCUT2D eigenvalue weighted by Gasteiger charge is -2.17. The van der Waals surface area contributed by atoms with Gasteiger partial charge in [-0.25, -0.2) is 0 Å². The summed E-state index contributed by atoms with van der Waals surface area (Å²) < 4.78 is 37.0. The summed E-state index contributed by atoms with van der Waals surface area (Å²) in [5.74, 6) is -0.0212. The van der Waals surface area contributed by atoms with Gasteiger partial charge >= 0.3 is 6.18 Å². The topological polar surface area (TPSA) is 80.9 Å². The molecule has 0 unspecified atom stereocenters. The zero-order valence-electron chi connectivity index (χ0n) is 13.2. The zero-order valence-corrected chi connectivity index (χ0v) is 13.9. The minimum absolute atomic E-state index is 0.0212. The molecule has 5 nitrogen and oxygen atoms in total. The van der Waals surface area contributed by atoms with E-state index in [0.717, 1.165) is 0 Å². The fourth-order valence-corrected chi connectivity index (χ4v) is 1.74. The molecule has 0 aliphatic carbocycles. The number of nitrogens with one attached hydrogen (secondary N) is 1. The third-order valence-electron chi connectivity index (χ3n) is 3.15. The highest BCUT2D eigenvalue weighted by atomic mass is 35.5. The average Bonchev–Trinajstić information content (AvgIpc) is 2.39. The summed E-state index contributed by atoms with van der Waals surface area (Å²) in [4.78, 5) is 12.0. The summed E-state index contributed by atoms with van der Waals surface area (Å²) >= 11 is 5.88. The van der Waals surface area contributed by atoms with E-state index < -0.39 is 24.2 Å². The van der Waals surface area contributed by atoms with Crippen molar-refractivity contribution in [1.82, 2.24) is 15.5 Å². The molecule has 0 saturated heterocycles. The van der Waals surface area contributed by atoms with Crippen molar-refractivity contribution in [2.24, 2.45) is 11.1 Å². The summed E-state index contributed by atoms with van der Waals surface area (Å²) in [5.41, 5.74) is 5.38. The predicted molar refractivity (Wildman–Crippen MR) is 80.9 cm³/mol. The van der Waals surface area contributed by atoms with Crippen LogP contribution in [-0.4, -0.2) is 34.7 Å². The highest BCUT2D eigenvalue weighted by molar-refractivity contribution is 6.30. The third-order valence-corrected chi connectivity index (χ3v) is 3.47. The second-order valence-corrected chi connectivity index (χ2v) is 6.64. The Hall–Kier alpha value is -1.25. The lowest BCUT2D eigenvalue weighted by molar-refractivity contribution is -0.146. The van der Waals surface area contributed by atoms with Gasteiger partial charge < -0.3 is 11.1 Å². The van der Waals surface area contributed by atoms with E-state index in [-0.39, 0.29) is 23.9 Å². The highest BCUT2D eigenvalue weighted by Gasteiger charge is 2.36. The van der Waals surface area contributed by atoms with Crippen molar-refractivity contribution in [3.63, 3.8) is 0 Å². The number of rotatable bonds is 6. The van der Waals surface area contributed by atoms with Crippen LogP contribution in [0.3, 0.4) is 0 Å². The van der Waals surface area contributed by atoms with Crippen molar-refractivity contribution >= 4 is 17.4 Å². The molecule has 0 fully saturated rings. The quantitative estimate of drug-likeness (QED) is 0.820. The van der Waals surface area contributed by atoms with Gasteiger partial charge in [0.05, 0.1) is 12.1 Å². The molecule has 1 aromatic rings. The van der Waals surface area contributed by atoms with Gasteiger partial charge in [-0.1, -0.05) is 32.4 Å². The third kappa shape index (κ3) is 6.40. The molecule has 0 amide bonds. The summed E-state index contributed by atoms with van der Waals surface area (Å²) in [7, 11) is 0. The van der Waals surface area contributed by atoms with Crippen LogP contribution >= 0.6 is 11.6 Å². The number of carbonyl (C=O) groups is 1. The van der Waals surface area contributed by atoms with E-state index in [1.807, 2.05) is 0 Å². The van der Waals surface area contributed by atoms with E-state index >= 15 is 0 Å². The van der Waals surface area contributed by atoms with Crippen LogP contribution in [0.5, 0.6) is 0 Å². The van der Waals surface area contributed by atoms with E-state index in [4.69, 9.17) is 17.3 Å². The van der Waals surface area contributed by atoms with Gasteiger partial charge in [-0.3, -0.25) is 4.79 Å². The first kappa shape index (κ1) is 19.8. The van der Waals surface area contributed by atoms with Crippen LogP contribution in [0, 0.1) is 5.41 Å². The number of halogens is 4. The number of alkyl halides is 3. The van der Waals surface area contributed by atoms with Crippen LogP contribution in [0.1, 0.15) is 32.0 Å². The van der Waals surface area contributed by atoms with Crippen molar-refractivity contribution in [2.75, 3.05) is 6.54 Å². The number of aromatic nitrogens is 2. The standard InChI is InChI=1S/C14H20ClF3N4O/c1-13(2,3)11(23)5-9-4-8(12(15)22-21-9)6-20-7-10(19)14(16,17)18/h4,10,20H,5-7,19H2,1-3H3/t10-/m0/s1. The second-order valence-electron chi connectivity index (χ2n) is 6.28.